The van der Waals surface area contributed by atoms with Crippen LogP contribution in [-0.4, -0.2) is 31.5 Å². The second-order valence-corrected chi connectivity index (χ2v) is 5.09. The van der Waals surface area contributed by atoms with E-state index in [2.05, 4.69) is 31.4 Å². The molecule has 98 valence electrons. The summed E-state index contributed by atoms with van der Waals surface area (Å²) >= 11 is 3.51. The van der Waals surface area contributed by atoms with E-state index in [1.54, 1.807) is 6.20 Å². The molecule has 0 fully saturated rings. The van der Waals surface area contributed by atoms with Crippen LogP contribution in [0.3, 0.4) is 0 Å². The van der Waals surface area contributed by atoms with Crippen molar-refractivity contribution < 1.29 is 4.79 Å². The fraction of sp³-hybridized carbons (Fsp3) is 0.250. The number of nitrogens with one attached hydrogen (secondary N) is 1. The highest BCUT2D eigenvalue weighted by atomic mass is 79.9. The van der Waals surface area contributed by atoms with Crippen molar-refractivity contribution >= 4 is 33.1 Å². The van der Waals surface area contributed by atoms with Gasteiger partial charge >= 0.3 is 0 Å². The summed E-state index contributed by atoms with van der Waals surface area (Å²) in [5.41, 5.74) is 1.50. The third-order valence-electron chi connectivity index (χ3n) is 2.97. The van der Waals surface area contributed by atoms with E-state index >= 15 is 0 Å². The number of amides is 1. The molecule has 0 bridgehead atoms. The SMILES string of the molecule is CCNC(=O)c1cc2c(Br)cn3c(C)nnc3n2c1. The van der Waals surface area contributed by atoms with Gasteiger partial charge in [0, 0.05) is 18.9 Å². The summed E-state index contributed by atoms with van der Waals surface area (Å²) in [5, 5.41) is 11.0. The van der Waals surface area contributed by atoms with Crippen LogP contribution in [0.25, 0.3) is 11.3 Å². The van der Waals surface area contributed by atoms with Crippen LogP contribution in [0.5, 0.6) is 0 Å². The molecule has 3 rings (SSSR count). The summed E-state index contributed by atoms with van der Waals surface area (Å²) in [6.45, 7) is 4.38. The third kappa shape index (κ3) is 1.81. The maximum Gasteiger partial charge on any atom is 0.252 e. The fourth-order valence-electron chi connectivity index (χ4n) is 2.05. The number of carbonyl (C=O) groups is 1. The van der Waals surface area contributed by atoms with Crippen LogP contribution in [0, 0.1) is 6.92 Å². The summed E-state index contributed by atoms with van der Waals surface area (Å²) in [4.78, 5) is 11.9. The summed E-state index contributed by atoms with van der Waals surface area (Å²) in [6.07, 6.45) is 3.68. The fourth-order valence-corrected chi connectivity index (χ4v) is 2.56. The lowest BCUT2D eigenvalue weighted by atomic mass is 10.3. The molecule has 0 spiro atoms. The van der Waals surface area contributed by atoms with Crippen LogP contribution in [0.4, 0.5) is 0 Å². The zero-order valence-corrected chi connectivity index (χ0v) is 12.1. The van der Waals surface area contributed by atoms with Crippen molar-refractivity contribution in [2.24, 2.45) is 0 Å². The molecule has 19 heavy (non-hydrogen) atoms. The Morgan fingerprint density at radius 3 is 2.89 bits per heavy atom. The Balaban J connectivity index is 2.29. The normalized spacial score (nSPS) is 11.3. The Bertz CT molecular complexity index is 788. The molecule has 0 saturated carbocycles. The molecule has 3 heterocycles. The van der Waals surface area contributed by atoms with Crippen LogP contribution in [0.2, 0.25) is 0 Å². The lowest BCUT2D eigenvalue weighted by molar-refractivity contribution is 0.0956. The van der Waals surface area contributed by atoms with Gasteiger partial charge in [0.2, 0.25) is 5.78 Å². The Morgan fingerprint density at radius 2 is 2.16 bits per heavy atom. The quantitative estimate of drug-likeness (QED) is 0.782. The first-order chi connectivity index (χ1) is 9.11. The molecule has 3 aromatic heterocycles. The van der Waals surface area contributed by atoms with Gasteiger partial charge in [0.15, 0.2) is 0 Å². The van der Waals surface area contributed by atoms with E-state index in [0.29, 0.717) is 17.9 Å². The van der Waals surface area contributed by atoms with Gasteiger partial charge in [-0.1, -0.05) is 0 Å². The molecule has 3 aromatic rings. The van der Waals surface area contributed by atoms with E-state index in [-0.39, 0.29) is 5.91 Å². The largest absolute Gasteiger partial charge is 0.352 e. The molecule has 6 nitrogen and oxygen atoms in total. The van der Waals surface area contributed by atoms with Gasteiger partial charge in [-0.25, -0.2) is 0 Å². The highest BCUT2D eigenvalue weighted by Crippen LogP contribution is 2.23. The van der Waals surface area contributed by atoms with Crippen molar-refractivity contribution in [3.05, 3.63) is 34.3 Å². The Morgan fingerprint density at radius 1 is 1.37 bits per heavy atom. The van der Waals surface area contributed by atoms with Crippen molar-refractivity contribution in [3.63, 3.8) is 0 Å². The Hall–Kier alpha value is -1.89. The molecule has 0 atom stereocenters. The smallest absolute Gasteiger partial charge is 0.252 e. The van der Waals surface area contributed by atoms with Crippen molar-refractivity contribution in [1.29, 1.82) is 0 Å². The number of halogens is 1. The number of rotatable bonds is 2. The molecule has 0 unspecified atom stereocenters. The van der Waals surface area contributed by atoms with Crippen molar-refractivity contribution in [1.82, 2.24) is 24.3 Å². The molecule has 0 saturated heterocycles. The number of hydrogen-bond donors (Lipinski definition) is 1. The first kappa shape index (κ1) is 12.2. The molecule has 1 N–H and O–H groups in total. The van der Waals surface area contributed by atoms with E-state index in [9.17, 15) is 4.79 Å². The van der Waals surface area contributed by atoms with Gasteiger partial charge in [-0.2, -0.15) is 0 Å². The van der Waals surface area contributed by atoms with Crippen molar-refractivity contribution in [2.45, 2.75) is 13.8 Å². The monoisotopic (exact) mass is 321 g/mol. The molecule has 0 aliphatic heterocycles. The van der Waals surface area contributed by atoms with Crippen molar-refractivity contribution in [2.75, 3.05) is 6.54 Å². The molecule has 0 aliphatic rings. The van der Waals surface area contributed by atoms with E-state index in [1.807, 2.05) is 34.9 Å². The van der Waals surface area contributed by atoms with Gasteiger partial charge in [-0.15, -0.1) is 10.2 Å². The molecule has 0 radical (unpaired) electrons. The molecule has 0 aromatic carbocycles. The van der Waals surface area contributed by atoms with Gasteiger partial charge < -0.3 is 5.32 Å². The highest BCUT2D eigenvalue weighted by Gasteiger charge is 2.14. The van der Waals surface area contributed by atoms with E-state index < -0.39 is 0 Å². The lowest BCUT2D eigenvalue weighted by Crippen LogP contribution is -2.21. The first-order valence-electron chi connectivity index (χ1n) is 5.92. The predicted molar refractivity (Wildman–Crippen MR) is 74.4 cm³/mol. The topological polar surface area (TPSA) is 63.7 Å². The van der Waals surface area contributed by atoms with E-state index in [4.69, 9.17) is 0 Å². The van der Waals surface area contributed by atoms with Crippen LogP contribution < -0.4 is 5.32 Å². The molecule has 0 aliphatic carbocycles. The minimum Gasteiger partial charge on any atom is -0.352 e. The average Bonchev–Trinajstić information content (AvgIpc) is 2.95. The van der Waals surface area contributed by atoms with E-state index in [0.717, 1.165) is 15.8 Å². The number of fused-ring (bicyclic) bond motifs is 3. The zero-order valence-electron chi connectivity index (χ0n) is 10.5. The second kappa shape index (κ2) is 4.34. The van der Waals surface area contributed by atoms with Gasteiger partial charge in [-0.05, 0) is 35.8 Å². The molecule has 7 heteroatoms. The lowest BCUT2D eigenvalue weighted by Gasteiger charge is -2.01. The second-order valence-electron chi connectivity index (χ2n) is 4.24. The highest BCUT2D eigenvalue weighted by molar-refractivity contribution is 9.10. The number of nitrogens with zero attached hydrogens (tertiary/aromatic N) is 4. The van der Waals surface area contributed by atoms with Crippen molar-refractivity contribution in [3.8, 4) is 0 Å². The standard InChI is InChI=1S/C12H12BrN5O/c1-3-14-11(19)8-4-10-9(13)6-17-7(2)15-16-12(17)18(10)5-8/h4-6H,3H2,1-2H3,(H,14,19). The Kier molecular flexibility index (Phi) is 2.78. The van der Waals surface area contributed by atoms with Gasteiger partial charge in [0.05, 0.1) is 15.6 Å². The molecular weight excluding hydrogens is 310 g/mol. The summed E-state index contributed by atoms with van der Waals surface area (Å²) in [5.74, 6) is 1.39. The van der Waals surface area contributed by atoms with Crippen LogP contribution >= 0.6 is 15.9 Å². The molecular formula is C12H12BrN5O. The summed E-state index contributed by atoms with van der Waals surface area (Å²) in [6, 6.07) is 1.83. The average molecular weight is 322 g/mol. The van der Waals surface area contributed by atoms with Crippen LogP contribution in [-0.2, 0) is 0 Å². The summed E-state index contributed by atoms with van der Waals surface area (Å²) < 4.78 is 4.62. The minimum atomic E-state index is -0.0903. The number of carbonyl (C=O) groups excluding carboxylic acids is 1. The number of hydrogen-bond acceptors (Lipinski definition) is 3. The third-order valence-corrected chi connectivity index (χ3v) is 3.58. The summed E-state index contributed by atoms with van der Waals surface area (Å²) in [7, 11) is 0. The van der Waals surface area contributed by atoms with E-state index in [1.165, 1.54) is 0 Å². The molecule has 1 amide bonds. The van der Waals surface area contributed by atoms with Crippen LogP contribution in [0.1, 0.15) is 23.1 Å². The zero-order chi connectivity index (χ0) is 13.6. The predicted octanol–water partition coefficient (Wildman–Crippen LogP) is 1.80. The van der Waals surface area contributed by atoms with Crippen LogP contribution in [0.15, 0.2) is 22.9 Å². The number of aryl methyl sites for hydroxylation is 1. The first-order valence-corrected chi connectivity index (χ1v) is 6.71. The Labute approximate surface area is 117 Å². The minimum absolute atomic E-state index is 0.0903. The van der Waals surface area contributed by atoms with Gasteiger partial charge in [0.25, 0.3) is 5.91 Å². The number of aromatic nitrogens is 4. The maximum atomic E-state index is 11.9. The van der Waals surface area contributed by atoms with Gasteiger partial charge in [0.1, 0.15) is 5.82 Å². The van der Waals surface area contributed by atoms with Gasteiger partial charge in [-0.3, -0.25) is 13.6 Å². The maximum absolute atomic E-state index is 11.9.